The van der Waals surface area contributed by atoms with Crippen molar-refractivity contribution < 1.29 is 14.3 Å². The average Bonchev–Trinajstić information content (AvgIpc) is 2.30. The van der Waals surface area contributed by atoms with Gasteiger partial charge in [-0.1, -0.05) is 0 Å². The van der Waals surface area contributed by atoms with E-state index in [0.29, 0.717) is 18.8 Å². The fourth-order valence-electron chi connectivity index (χ4n) is 1.28. The molecule has 94 valence electrons. The smallest absolute Gasteiger partial charge is 0.339 e. The third-order valence-electron chi connectivity index (χ3n) is 2.19. The Labute approximate surface area is 100.0 Å². The molecule has 17 heavy (non-hydrogen) atoms. The zero-order valence-corrected chi connectivity index (χ0v) is 10.3. The molecule has 0 amide bonds. The number of ether oxygens (including phenoxy) is 2. The van der Waals surface area contributed by atoms with Gasteiger partial charge in [-0.05, 0) is 19.9 Å². The second-order valence-electron chi connectivity index (χ2n) is 3.74. The number of carbonyl (C=O) groups excluding carboxylic acids is 1. The fourth-order valence-corrected chi connectivity index (χ4v) is 1.28. The summed E-state index contributed by atoms with van der Waals surface area (Å²) >= 11 is 0. The van der Waals surface area contributed by atoms with Gasteiger partial charge in [0.25, 0.3) is 0 Å². The molecule has 1 aromatic heterocycles. The monoisotopic (exact) mass is 239 g/mol. The Morgan fingerprint density at radius 2 is 2.18 bits per heavy atom. The number of pyridine rings is 1. The standard InChI is InChI=1S/C12H17NO4/c1-4-16-8-9(2)17-12(15)10-5-6-11(14)13(3)7-10/h5-7,9H,4,8H2,1-3H3. The number of esters is 1. The van der Waals surface area contributed by atoms with E-state index in [1.54, 1.807) is 14.0 Å². The van der Waals surface area contributed by atoms with Crippen LogP contribution in [-0.4, -0.2) is 29.9 Å². The van der Waals surface area contributed by atoms with Crippen molar-refractivity contribution >= 4 is 5.97 Å². The highest BCUT2D eigenvalue weighted by atomic mass is 16.6. The molecule has 5 nitrogen and oxygen atoms in total. The largest absolute Gasteiger partial charge is 0.457 e. The SMILES string of the molecule is CCOCC(C)OC(=O)c1ccc(=O)n(C)c1. The molecule has 0 aromatic carbocycles. The minimum atomic E-state index is -0.451. The Kier molecular flexibility index (Phi) is 4.90. The minimum Gasteiger partial charge on any atom is -0.457 e. The summed E-state index contributed by atoms with van der Waals surface area (Å²) in [5.74, 6) is -0.451. The van der Waals surface area contributed by atoms with Crippen LogP contribution in [0.4, 0.5) is 0 Å². The van der Waals surface area contributed by atoms with Gasteiger partial charge in [-0.3, -0.25) is 4.79 Å². The molecule has 0 saturated heterocycles. The van der Waals surface area contributed by atoms with E-state index in [1.165, 1.54) is 22.9 Å². The molecule has 1 rings (SSSR count). The number of aryl methyl sites for hydroxylation is 1. The van der Waals surface area contributed by atoms with Crippen molar-refractivity contribution in [3.05, 3.63) is 34.2 Å². The number of hydrogen-bond donors (Lipinski definition) is 0. The van der Waals surface area contributed by atoms with Gasteiger partial charge in [0, 0.05) is 25.9 Å². The minimum absolute atomic E-state index is 0.163. The molecule has 1 heterocycles. The number of rotatable bonds is 5. The summed E-state index contributed by atoms with van der Waals surface area (Å²) in [4.78, 5) is 22.8. The second-order valence-corrected chi connectivity index (χ2v) is 3.74. The summed E-state index contributed by atoms with van der Waals surface area (Å²) in [6, 6.07) is 2.79. The van der Waals surface area contributed by atoms with Crippen molar-refractivity contribution in [1.82, 2.24) is 4.57 Å². The summed E-state index contributed by atoms with van der Waals surface area (Å²) in [6.07, 6.45) is 1.15. The maximum absolute atomic E-state index is 11.7. The zero-order valence-electron chi connectivity index (χ0n) is 10.3. The predicted molar refractivity (Wildman–Crippen MR) is 63.1 cm³/mol. The molecular weight excluding hydrogens is 222 g/mol. The molecule has 0 aliphatic carbocycles. The van der Waals surface area contributed by atoms with E-state index >= 15 is 0 Å². The molecular formula is C12H17NO4. The molecule has 0 saturated carbocycles. The number of carbonyl (C=O) groups is 1. The first-order chi connectivity index (χ1) is 8.04. The van der Waals surface area contributed by atoms with Crippen molar-refractivity contribution in [3.8, 4) is 0 Å². The maximum atomic E-state index is 11.7. The summed E-state index contributed by atoms with van der Waals surface area (Å²) in [7, 11) is 1.59. The van der Waals surface area contributed by atoms with E-state index in [1.807, 2.05) is 6.92 Å². The highest BCUT2D eigenvalue weighted by molar-refractivity contribution is 5.89. The molecule has 0 radical (unpaired) electrons. The van der Waals surface area contributed by atoms with Gasteiger partial charge in [-0.2, -0.15) is 0 Å². The Bertz CT molecular complexity index is 438. The first-order valence-corrected chi connectivity index (χ1v) is 5.50. The van der Waals surface area contributed by atoms with Gasteiger partial charge in [-0.15, -0.1) is 0 Å². The third-order valence-corrected chi connectivity index (χ3v) is 2.19. The van der Waals surface area contributed by atoms with Crippen LogP contribution in [0.25, 0.3) is 0 Å². The van der Waals surface area contributed by atoms with E-state index in [2.05, 4.69) is 0 Å². The highest BCUT2D eigenvalue weighted by Crippen LogP contribution is 2.02. The number of aromatic nitrogens is 1. The third kappa shape index (κ3) is 4.03. The summed E-state index contributed by atoms with van der Waals surface area (Å²) in [6.45, 7) is 4.59. The molecule has 5 heteroatoms. The van der Waals surface area contributed by atoms with Crippen LogP contribution in [0.5, 0.6) is 0 Å². The van der Waals surface area contributed by atoms with Gasteiger partial charge in [0.1, 0.15) is 6.10 Å². The predicted octanol–water partition coefficient (Wildman–Crippen LogP) is 0.967. The maximum Gasteiger partial charge on any atom is 0.339 e. The Balaban J connectivity index is 2.63. The van der Waals surface area contributed by atoms with E-state index in [9.17, 15) is 9.59 Å². The van der Waals surface area contributed by atoms with Gasteiger partial charge >= 0.3 is 5.97 Å². The fraction of sp³-hybridized carbons (Fsp3) is 0.500. The zero-order chi connectivity index (χ0) is 12.8. The molecule has 0 aliphatic rings. The van der Waals surface area contributed by atoms with Crippen molar-refractivity contribution in [2.24, 2.45) is 7.05 Å². The lowest BCUT2D eigenvalue weighted by atomic mass is 10.3. The van der Waals surface area contributed by atoms with Crippen LogP contribution < -0.4 is 5.56 Å². The van der Waals surface area contributed by atoms with E-state index < -0.39 is 5.97 Å². The molecule has 0 aliphatic heterocycles. The van der Waals surface area contributed by atoms with Crippen molar-refractivity contribution in [2.75, 3.05) is 13.2 Å². The highest BCUT2D eigenvalue weighted by Gasteiger charge is 2.12. The van der Waals surface area contributed by atoms with Crippen LogP contribution in [0.3, 0.4) is 0 Å². The van der Waals surface area contributed by atoms with Gasteiger partial charge in [0.05, 0.1) is 12.2 Å². The van der Waals surface area contributed by atoms with Crippen LogP contribution in [0.2, 0.25) is 0 Å². The van der Waals surface area contributed by atoms with Gasteiger partial charge < -0.3 is 14.0 Å². The van der Waals surface area contributed by atoms with Crippen molar-refractivity contribution in [1.29, 1.82) is 0 Å². The van der Waals surface area contributed by atoms with Crippen LogP contribution in [0.15, 0.2) is 23.1 Å². The van der Waals surface area contributed by atoms with Gasteiger partial charge in [-0.25, -0.2) is 4.79 Å². The first-order valence-electron chi connectivity index (χ1n) is 5.50. The van der Waals surface area contributed by atoms with E-state index in [-0.39, 0.29) is 11.7 Å². The lowest BCUT2D eigenvalue weighted by Crippen LogP contribution is -2.22. The quantitative estimate of drug-likeness (QED) is 0.718. The van der Waals surface area contributed by atoms with Crippen molar-refractivity contribution in [3.63, 3.8) is 0 Å². The van der Waals surface area contributed by atoms with Gasteiger partial charge in [0.2, 0.25) is 5.56 Å². The number of hydrogen-bond acceptors (Lipinski definition) is 4. The van der Waals surface area contributed by atoms with Crippen molar-refractivity contribution in [2.45, 2.75) is 20.0 Å². The van der Waals surface area contributed by atoms with Crippen LogP contribution in [-0.2, 0) is 16.5 Å². The Morgan fingerprint density at radius 3 is 2.76 bits per heavy atom. The molecule has 0 spiro atoms. The molecule has 0 fully saturated rings. The van der Waals surface area contributed by atoms with Gasteiger partial charge in [0.15, 0.2) is 0 Å². The molecule has 0 bridgehead atoms. The lowest BCUT2D eigenvalue weighted by Gasteiger charge is -2.13. The topological polar surface area (TPSA) is 57.5 Å². The Hall–Kier alpha value is -1.62. The second kappa shape index (κ2) is 6.20. The lowest BCUT2D eigenvalue weighted by molar-refractivity contribution is 0.00432. The summed E-state index contributed by atoms with van der Waals surface area (Å²) < 4.78 is 11.6. The number of nitrogens with zero attached hydrogens (tertiary/aromatic N) is 1. The first kappa shape index (κ1) is 13.4. The van der Waals surface area contributed by atoms with Crippen LogP contribution in [0, 0.1) is 0 Å². The normalized spacial score (nSPS) is 12.2. The van der Waals surface area contributed by atoms with E-state index in [4.69, 9.17) is 9.47 Å². The Morgan fingerprint density at radius 1 is 1.47 bits per heavy atom. The van der Waals surface area contributed by atoms with Crippen LogP contribution >= 0.6 is 0 Å². The van der Waals surface area contributed by atoms with E-state index in [0.717, 1.165) is 0 Å². The summed E-state index contributed by atoms with van der Waals surface area (Å²) in [5, 5.41) is 0. The molecule has 1 atom stereocenters. The molecule has 1 aromatic rings. The average molecular weight is 239 g/mol. The summed E-state index contributed by atoms with van der Waals surface area (Å²) in [5.41, 5.74) is 0.194. The molecule has 1 unspecified atom stereocenters. The van der Waals surface area contributed by atoms with Crippen LogP contribution in [0.1, 0.15) is 24.2 Å². The molecule has 0 N–H and O–H groups in total.